The Morgan fingerprint density at radius 2 is 1.79 bits per heavy atom. The monoisotopic (exact) mass is 409 g/mol. The largest absolute Gasteiger partial charge is 0.455 e. The smallest absolute Gasteiger partial charge is 0.289 e. The third kappa shape index (κ3) is 4.56. The van der Waals surface area contributed by atoms with Crippen LogP contribution >= 0.6 is 0 Å². The van der Waals surface area contributed by atoms with E-state index in [-0.39, 0.29) is 11.7 Å². The van der Waals surface area contributed by atoms with Crippen molar-refractivity contribution in [1.29, 1.82) is 0 Å². The van der Waals surface area contributed by atoms with E-state index in [0.717, 1.165) is 29.4 Å². The van der Waals surface area contributed by atoms with Gasteiger partial charge < -0.3 is 14.2 Å². The summed E-state index contributed by atoms with van der Waals surface area (Å²) < 4.78 is 18.2. The van der Waals surface area contributed by atoms with Crippen molar-refractivity contribution in [2.24, 2.45) is 0 Å². The summed E-state index contributed by atoms with van der Waals surface area (Å²) in [5.74, 6) is 1.91. The lowest BCUT2D eigenvalue weighted by Gasteiger charge is -2.34. The Labute approximate surface area is 172 Å². The van der Waals surface area contributed by atoms with E-state index < -0.39 is 10.8 Å². The normalized spacial score (nSPS) is 15.3. The zero-order chi connectivity index (χ0) is 20.2. The molecule has 29 heavy (non-hydrogen) atoms. The van der Waals surface area contributed by atoms with Crippen molar-refractivity contribution in [1.82, 2.24) is 9.88 Å². The lowest BCUT2D eigenvalue weighted by Crippen LogP contribution is -2.49. The Balaban J connectivity index is 1.35. The summed E-state index contributed by atoms with van der Waals surface area (Å²) in [5, 5.41) is 0. The number of hydrogen-bond donors (Lipinski definition) is 0. The van der Waals surface area contributed by atoms with Crippen LogP contribution in [0.5, 0.6) is 0 Å². The second kappa shape index (κ2) is 8.61. The molecule has 0 saturated carbocycles. The summed E-state index contributed by atoms with van der Waals surface area (Å²) in [7, 11) is -1.21. The van der Waals surface area contributed by atoms with Crippen molar-refractivity contribution in [3.8, 4) is 0 Å². The van der Waals surface area contributed by atoms with Crippen LogP contribution in [0.3, 0.4) is 0 Å². The van der Waals surface area contributed by atoms with E-state index in [1.807, 2.05) is 49.4 Å². The number of aryl methyl sites for hydroxylation is 1. The molecule has 1 aliphatic rings. The quantitative estimate of drug-likeness (QED) is 0.647. The Morgan fingerprint density at radius 1 is 1.03 bits per heavy atom. The van der Waals surface area contributed by atoms with Gasteiger partial charge in [-0.1, -0.05) is 23.8 Å². The Morgan fingerprint density at radius 3 is 2.48 bits per heavy atom. The minimum atomic E-state index is -1.21. The highest BCUT2D eigenvalue weighted by Crippen LogP contribution is 2.18. The van der Waals surface area contributed by atoms with Crippen molar-refractivity contribution in [2.45, 2.75) is 17.6 Å². The average molecular weight is 410 g/mol. The molecule has 0 unspecified atom stereocenters. The number of aromatic nitrogens is 1. The maximum Gasteiger partial charge on any atom is 0.289 e. The molecule has 1 atom stereocenters. The van der Waals surface area contributed by atoms with Crippen LogP contribution in [-0.2, 0) is 16.6 Å². The van der Waals surface area contributed by atoms with Gasteiger partial charge in [-0.2, -0.15) is 0 Å². The molecule has 0 aliphatic carbocycles. The SMILES string of the molecule is Cc1ccc([S@@](=O)Cc2ccc(C(=O)N3CCN(c4ccccn4)CC3)o2)cc1. The molecular weight excluding hydrogens is 386 g/mol. The summed E-state index contributed by atoms with van der Waals surface area (Å²) in [4.78, 5) is 21.9. The van der Waals surface area contributed by atoms with Gasteiger partial charge in [-0.25, -0.2) is 4.98 Å². The van der Waals surface area contributed by atoms with E-state index in [2.05, 4.69) is 9.88 Å². The van der Waals surface area contributed by atoms with Gasteiger partial charge in [0.2, 0.25) is 0 Å². The zero-order valence-electron chi connectivity index (χ0n) is 16.3. The highest BCUT2D eigenvalue weighted by atomic mass is 32.2. The standard InChI is InChI=1S/C22H23N3O3S/c1-17-5-8-19(9-6-17)29(27)16-18-7-10-20(28-18)22(26)25-14-12-24(13-15-25)21-4-2-3-11-23-21/h2-11H,12-16H2,1H3/t29-/m0/s1. The van der Waals surface area contributed by atoms with E-state index in [4.69, 9.17) is 4.42 Å². The maximum atomic E-state index is 12.8. The van der Waals surface area contributed by atoms with Crippen molar-refractivity contribution >= 4 is 22.5 Å². The first-order valence-electron chi connectivity index (χ1n) is 9.59. The minimum Gasteiger partial charge on any atom is -0.455 e. The van der Waals surface area contributed by atoms with Crippen LogP contribution in [0.4, 0.5) is 5.82 Å². The Hall–Kier alpha value is -2.93. The highest BCUT2D eigenvalue weighted by Gasteiger charge is 2.25. The topological polar surface area (TPSA) is 66.7 Å². The molecule has 0 radical (unpaired) electrons. The van der Waals surface area contributed by atoms with Gasteiger partial charge in [-0.05, 0) is 43.3 Å². The van der Waals surface area contributed by atoms with E-state index in [0.29, 0.717) is 24.6 Å². The summed E-state index contributed by atoms with van der Waals surface area (Å²) in [6.45, 7) is 4.68. The average Bonchev–Trinajstić information content (AvgIpc) is 3.23. The lowest BCUT2D eigenvalue weighted by molar-refractivity contribution is 0.0713. The van der Waals surface area contributed by atoms with Gasteiger partial charge in [0.05, 0.1) is 16.6 Å². The summed E-state index contributed by atoms with van der Waals surface area (Å²) in [6.07, 6.45) is 1.78. The molecule has 6 nitrogen and oxygen atoms in total. The number of carbonyl (C=O) groups excluding carboxylic acids is 1. The fourth-order valence-corrected chi connectivity index (χ4v) is 4.33. The number of piperazine rings is 1. The minimum absolute atomic E-state index is 0.127. The predicted octanol–water partition coefficient (Wildman–Crippen LogP) is 3.25. The highest BCUT2D eigenvalue weighted by molar-refractivity contribution is 7.84. The molecule has 1 aliphatic heterocycles. The van der Waals surface area contributed by atoms with Crippen LogP contribution in [0.25, 0.3) is 0 Å². The number of amides is 1. The van der Waals surface area contributed by atoms with Crippen LogP contribution < -0.4 is 4.90 Å². The van der Waals surface area contributed by atoms with E-state index in [1.54, 1.807) is 23.2 Å². The maximum absolute atomic E-state index is 12.8. The number of nitrogens with zero attached hydrogens (tertiary/aromatic N) is 3. The van der Waals surface area contributed by atoms with Crippen LogP contribution in [0.1, 0.15) is 21.9 Å². The molecule has 0 bridgehead atoms. The molecule has 3 heterocycles. The van der Waals surface area contributed by atoms with Gasteiger partial charge in [-0.3, -0.25) is 9.00 Å². The van der Waals surface area contributed by atoms with Crippen LogP contribution in [0.2, 0.25) is 0 Å². The molecular formula is C22H23N3O3S. The molecule has 0 spiro atoms. The Kier molecular flexibility index (Phi) is 5.76. The van der Waals surface area contributed by atoms with E-state index in [1.165, 1.54) is 0 Å². The zero-order valence-corrected chi connectivity index (χ0v) is 17.1. The van der Waals surface area contributed by atoms with Crippen molar-refractivity contribution in [3.63, 3.8) is 0 Å². The van der Waals surface area contributed by atoms with Crippen LogP contribution in [0, 0.1) is 6.92 Å². The fourth-order valence-electron chi connectivity index (χ4n) is 3.31. The molecule has 1 saturated heterocycles. The van der Waals surface area contributed by atoms with Gasteiger partial charge >= 0.3 is 0 Å². The fraction of sp³-hybridized carbons (Fsp3) is 0.273. The van der Waals surface area contributed by atoms with Gasteiger partial charge in [0.25, 0.3) is 5.91 Å². The van der Waals surface area contributed by atoms with Crippen molar-refractivity contribution in [3.05, 3.63) is 77.9 Å². The number of carbonyl (C=O) groups is 1. The summed E-state index contributed by atoms with van der Waals surface area (Å²) >= 11 is 0. The second-order valence-corrected chi connectivity index (χ2v) is 8.49. The number of rotatable bonds is 5. The van der Waals surface area contributed by atoms with Crippen LogP contribution in [-0.4, -0.2) is 46.2 Å². The number of anilines is 1. The first kappa shape index (κ1) is 19.4. The molecule has 2 aromatic heterocycles. The van der Waals surface area contributed by atoms with E-state index in [9.17, 15) is 9.00 Å². The number of pyridine rings is 1. The third-order valence-corrected chi connectivity index (χ3v) is 6.31. The van der Waals surface area contributed by atoms with Gasteiger partial charge in [0, 0.05) is 37.3 Å². The molecule has 7 heteroatoms. The molecule has 150 valence electrons. The Bertz CT molecular complexity index is 994. The number of furan rings is 1. The van der Waals surface area contributed by atoms with Crippen molar-refractivity contribution in [2.75, 3.05) is 31.1 Å². The second-order valence-electron chi connectivity index (χ2n) is 7.04. The molecule has 3 aromatic rings. The molecule has 4 rings (SSSR count). The number of hydrogen-bond acceptors (Lipinski definition) is 5. The molecule has 1 aromatic carbocycles. The summed E-state index contributed by atoms with van der Waals surface area (Å²) in [6, 6.07) is 16.9. The van der Waals surface area contributed by atoms with Gasteiger partial charge in [-0.15, -0.1) is 0 Å². The van der Waals surface area contributed by atoms with Crippen LogP contribution in [0.15, 0.2) is 70.1 Å². The first-order valence-corrected chi connectivity index (χ1v) is 10.9. The summed E-state index contributed by atoms with van der Waals surface area (Å²) in [5.41, 5.74) is 1.12. The van der Waals surface area contributed by atoms with Gasteiger partial charge in [0.1, 0.15) is 11.6 Å². The molecule has 0 N–H and O–H groups in total. The first-order chi connectivity index (χ1) is 14.1. The van der Waals surface area contributed by atoms with Gasteiger partial charge in [0.15, 0.2) is 5.76 Å². The lowest BCUT2D eigenvalue weighted by atomic mass is 10.2. The van der Waals surface area contributed by atoms with Crippen molar-refractivity contribution < 1.29 is 13.4 Å². The van der Waals surface area contributed by atoms with E-state index >= 15 is 0 Å². The molecule has 1 fully saturated rings. The molecule has 1 amide bonds. The predicted molar refractivity (Wildman–Crippen MR) is 112 cm³/mol. The number of benzene rings is 1. The third-order valence-electron chi connectivity index (χ3n) is 4.97.